The number of amides is 1. The summed E-state index contributed by atoms with van der Waals surface area (Å²) in [6.45, 7) is 5.91. The summed E-state index contributed by atoms with van der Waals surface area (Å²) in [7, 11) is 0. The number of likely N-dealkylation sites (tertiary alicyclic amines) is 1. The van der Waals surface area contributed by atoms with Crippen LogP contribution >= 0.6 is 0 Å². The van der Waals surface area contributed by atoms with Gasteiger partial charge in [-0.1, -0.05) is 5.16 Å². The number of hydrogen-bond donors (Lipinski definition) is 0. The molecular formula is C19H24N4O3. The zero-order valence-corrected chi connectivity index (χ0v) is 15.3. The van der Waals surface area contributed by atoms with E-state index in [0.717, 1.165) is 49.2 Å². The number of ether oxygens (including phenoxy) is 1. The van der Waals surface area contributed by atoms with Crippen LogP contribution in [0.15, 0.2) is 16.8 Å². The molecule has 26 heavy (non-hydrogen) atoms. The van der Waals surface area contributed by atoms with Crippen LogP contribution < -0.4 is 0 Å². The van der Waals surface area contributed by atoms with Crippen LogP contribution in [0, 0.1) is 19.8 Å². The first-order chi connectivity index (χ1) is 12.6. The first-order valence-corrected chi connectivity index (χ1v) is 9.29. The number of aromatic nitrogens is 3. The fraction of sp³-hybridized carbons (Fsp3) is 0.579. The molecule has 2 saturated heterocycles. The largest absolute Gasteiger partial charge is 0.381 e. The molecule has 0 radical (unpaired) electrons. The minimum Gasteiger partial charge on any atom is -0.381 e. The second-order valence-electron chi connectivity index (χ2n) is 7.08. The molecule has 2 aliphatic rings. The molecule has 0 N–H and O–H groups in total. The van der Waals surface area contributed by atoms with E-state index in [1.54, 1.807) is 6.20 Å². The van der Waals surface area contributed by atoms with Crippen molar-refractivity contribution in [2.24, 2.45) is 5.92 Å². The summed E-state index contributed by atoms with van der Waals surface area (Å²) >= 11 is 0. The number of rotatable bonds is 3. The lowest BCUT2D eigenvalue weighted by Gasteiger charge is -2.30. The summed E-state index contributed by atoms with van der Waals surface area (Å²) in [5, 5.41) is 3.99. The van der Waals surface area contributed by atoms with Crippen molar-refractivity contribution in [3.8, 4) is 11.4 Å². The lowest BCUT2D eigenvalue weighted by molar-refractivity contribution is -0.139. The van der Waals surface area contributed by atoms with E-state index in [0.29, 0.717) is 24.8 Å². The van der Waals surface area contributed by atoms with Gasteiger partial charge in [0.25, 0.3) is 0 Å². The van der Waals surface area contributed by atoms with Crippen molar-refractivity contribution in [2.45, 2.75) is 45.6 Å². The zero-order chi connectivity index (χ0) is 18.1. The summed E-state index contributed by atoms with van der Waals surface area (Å²) < 4.78 is 10.6. The number of carbonyl (C=O) groups is 1. The normalized spacial score (nSPS) is 21.3. The Bertz CT molecular complexity index is 778. The van der Waals surface area contributed by atoms with Crippen LogP contribution in [0.1, 0.15) is 48.9 Å². The molecule has 4 rings (SSSR count). The van der Waals surface area contributed by atoms with Gasteiger partial charge in [-0.05, 0) is 45.6 Å². The monoisotopic (exact) mass is 356 g/mol. The van der Waals surface area contributed by atoms with Crippen LogP contribution in [0.25, 0.3) is 11.4 Å². The standard InChI is InChI=1S/C19H24N4O3/c1-12-17(13(2)26-22-12)18-20-8-5-15(21-18)16-4-3-9-23(16)19(24)14-6-10-25-11-7-14/h5,8,14,16H,3-4,6-7,9-11H2,1-2H3/t16-/m0/s1. The molecule has 0 unspecified atom stereocenters. The molecule has 2 aliphatic heterocycles. The van der Waals surface area contributed by atoms with Gasteiger partial charge in [0.1, 0.15) is 5.76 Å². The molecule has 7 nitrogen and oxygen atoms in total. The molecule has 0 saturated carbocycles. The van der Waals surface area contributed by atoms with Crippen LogP contribution in [0.4, 0.5) is 0 Å². The van der Waals surface area contributed by atoms with Crippen molar-refractivity contribution >= 4 is 5.91 Å². The van der Waals surface area contributed by atoms with E-state index >= 15 is 0 Å². The predicted octanol–water partition coefficient (Wildman–Crippen LogP) is 2.84. The Hall–Kier alpha value is -2.28. The van der Waals surface area contributed by atoms with E-state index < -0.39 is 0 Å². The van der Waals surface area contributed by atoms with Crippen molar-refractivity contribution in [1.82, 2.24) is 20.0 Å². The summed E-state index contributed by atoms with van der Waals surface area (Å²) in [4.78, 5) is 24.2. The highest BCUT2D eigenvalue weighted by atomic mass is 16.5. The number of aryl methyl sites for hydroxylation is 2. The summed E-state index contributed by atoms with van der Waals surface area (Å²) in [6.07, 6.45) is 5.34. The molecular weight excluding hydrogens is 332 g/mol. The maximum atomic E-state index is 13.0. The first-order valence-electron chi connectivity index (χ1n) is 9.29. The van der Waals surface area contributed by atoms with Crippen LogP contribution in [0.2, 0.25) is 0 Å². The third-order valence-electron chi connectivity index (χ3n) is 5.38. The minimum atomic E-state index is 0.0209. The maximum Gasteiger partial charge on any atom is 0.226 e. The van der Waals surface area contributed by atoms with E-state index in [-0.39, 0.29) is 17.9 Å². The van der Waals surface area contributed by atoms with Gasteiger partial charge in [0.05, 0.1) is 23.0 Å². The summed E-state index contributed by atoms with van der Waals surface area (Å²) in [5.74, 6) is 1.65. The first kappa shape index (κ1) is 17.1. The van der Waals surface area contributed by atoms with Crippen molar-refractivity contribution in [2.75, 3.05) is 19.8 Å². The highest BCUT2D eigenvalue weighted by molar-refractivity contribution is 5.79. The molecule has 4 heterocycles. The van der Waals surface area contributed by atoms with Crippen LogP contribution in [0.5, 0.6) is 0 Å². The lowest BCUT2D eigenvalue weighted by atomic mass is 9.98. The third-order valence-corrected chi connectivity index (χ3v) is 5.38. The van der Waals surface area contributed by atoms with Crippen LogP contribution in [-0.4, -0.2) is 45.7 Å². The molecule has 138 valence electrons. The fourth-order valence-corrected chi connectivity index (χ4v) is 4.00. The third kappa shape index (κ3) is 3.11. The SMILES string of the molecule is Cc1noc(C)c1-c1nccc([C@@H]2CCCN2C(=O)C2CCOCC2)n1. The van der Waals surface area contributed by atoms with Gasteiger partial charge in [-0.2, -0.15) is 0 Å². The van der Waals surface area contributed by atoms with Gasteiger partial charge in [0.2, 0.25) is 5.91 Å². The highest BCUT2D eigenvalue weighted by Crippen LogP contribution is 2.34. The van der Waals surface area contributed by atoms with E-state index in [9.17, 15) is 4.79 Å². The minimum absolute atomic E-state index is 0.0209. The van der Waals surface area contributed by atoms with Crippen molar-refractivity contribution in [1.29, 1.82) is 0 Å². The van der Waals surface area contributed by atoms with Crippen molar-refractivity contribution in [3.05, 3.63) is 29.4 Å². The Morgan fingerprint density at radius 1 is 1.23 bits per heavy atom. The van der Waals surface area contributed by atoms with E-state index in [1.807, 2.05) is 24.8 Å². The molecule has 0 spiro atoms. The summed E-state index contributed by atoms with van der Waals surface area (Å²) in [6, 6.07) is 1.94. The lowest BCUT2D eigenvalue weighted by Crippen LogP contribution is -2.38. The molecule has 1 amide bonds. The highest BCUT2D eigenvalue weighted by Gasteiger charge is 2.35. The van der Waals surface area contributed by atoms with Crippen molar-refractivity contribution < 1.29 is 14.1 Å². The smallest absolute Gasteiger partial charge is 0.226 e. The van der Waals surface area contributed by atoms with Gasteiger partial charge in [-0.3, -0.25) is 4.79 Å². The van der Waals surface area contributed by atoms with Crippen LogP contribution in [0.3, 0.4) is 0 Å². The molecule has 2 aromatic rings. The maximum absolute atomic E-state index is 13.0. The quantitative estimate of drug-likeness (QED) is 0.841. The topological polar surface area (TPSA) is 81.4 Å². The molecule has 0 aromatic carbocycles. The number of nitrogens with zero attached hydrogens (tertiary/aromatic N) is 4. The van der Waals surface area contributed by atoms with E-state index in [2.05, 4.69) is 10.1 Å². The van der Waals surface area contributed by atoms with Gasteiger partial charge in [0, 0.05) is 31.9 Å². The van der Waals surface area contributed by atoms with Crippen molar-refractivity contribution in [3.63, 3.8) is 0 Å². The molecule has 1 atom stereocenters. The Morgan fingerprint density at radius 2 is 2.04 bits per heavy atom. The van der Waals surface area contributed by atoms with Gasteiger partial charge in [0.15, 0.2) is 5.82 Å². The Morgan fingerprint density at radius 3 is 2.77 bits per heavy atom. The second-order valence-corrected chi connectivity index (χ2v) is 7.08. The molecule has 2 aromatic heterocycles. The second kappa shape index (κ2) is 7.15. The molecule has 2 fully saturated rings. The van der Waals surface area contributed by atoms with Gasteiger partial charge in [-0.25, -0.2) is 9.97 Å². The summed E-state index contributed by atoms with van der Waals surface area (Å²) in [5.41, 5.74) is 2.52. The van der Waals surface area contributed by atoms with E-state index in [1.165, 1.54) is 0 Å². The Balaban J connectivity index is 1.60. The zero-order valence-electron chi connectivity index (χ0n) is 15.3. The fourth-order valence-electron chi connectivity index (χ4n) is 4.00. The van der Waals surface area contributed by atoms with Gasteiger partial charge < -0.3 is 14.2 Å². The Labute approximate surface area is 152 Å². The molecule has 0 bridgehead atoms. The Kier molecular flexibility index (Phi) is 4.72. The number of carbonyl (C=O) groups excluding carboxylic acids is 1. The van der Waals surface area contributed by atoms with Gasteiger partial charge in [-0.15, -0.1) is 0 Å². The average Bonchev–Trinajstić information content (AvgIpc) is 3.29. The predicted molar refractivity (Wildman–Crippen MR) is 94.2 cm³/mol. The van der Waals surface area contributed by atoms with E-state index in [4.69, 9.17) is 14.2 Å². The number of hydrogen-bond acceptors (Lipinski definition) is 6. The average molecular weight is 356 g/mol. The van der Waals surface area contributed by atoms with Crippen LogP contribution in [-0.2, 0) is 9.53 Å². The molecule has 7 heteroatoms. The molecule has 0 aliphatic carbocycles. The van der Waals surface area contributed by atoms with Gasteiger partial charge >= 0.3 is 0 Å².